The molecule has 0 radical (unpaired) electrons. The Labute approximate surface area is 101 Å². The lowest BCUT2D eigenvalue weighted by Gasteiger charge is -1.95. The molecule has 0 aliphatic heterocycles. The van der Waals surface area contributed by atoms with Crippen LogP contribution in [0, 0.1) is 0 Å². The number of aromatic nitrogens is 4. The zero-order valence-corrected chi connectivity index (χ0v) is 10.0. The van der Waals surface area contributed by atoms with E-state index in [4.69, 9.17) is 0 Å². The van der Waals surface area contributed by atoms with Gasteiger partial charge in [0.25, 0.3) is 0 Å². The Morgan fingerprint density at radius 3 is 2.94 bits per heavy atom. The molecule has 0 aliphatic carbocycles. The van der Waals surface area contributed by atoms with Crippen molar-refractivity contribution in [3.63, 3.8) is 0 Å². The van der Waals surface area contributed by atoms with Gasteiger partial charge in [0.15, 0.2) is 0 Å². The third-order valence-electron chi connectivity index (χ3n) is 2.34. The molecule has 16 heavy (non-hydrogen) atoms. The Morgan fingerprint density at radius 2 is 2.19 bits per heavy atom. The van der Waals surface area contributed by atoms with Crippen molar-refractivity contribution in [3.8, 4) is 0 Å². The van der Waals surface area contributed by atoms with Gasteiger partial charge in [0, 0.05) is 18.6 Å². The number of rotatable bonds is 2. The second kappa shape index (κ2) is 3.75. The van der Waals surface area contributed by atoms with Crippen molar-refractivity contribution in [1.82, 2.24) is 19.2 Å². The lowest BCUT2D eigenvalue weighted by Crippen LogP contribution is -1.99. The number of fused-ring (bicyclic) bond motifs is 1. The van der Waals surface area contributed by atoms with E-state index in [1.807, 2.05) is 45.9 Å². The lowest BCUT2D eigenvalue weighted by molar-refractivity contribution is 0.675. The van der Waals surface area contributed by atoms with E-state index in [2.05, 4.69) is 26.0 Å². The standard InChI is InChI=1S/C11H9BrN4/c12-9-5-13-16(6-9)8-10-7-15-4-2-1-3-11(15)14-10/h1-7H,8H2. The Bertz CT molecular complexity index is 592. The summed E-state index contributed by atoms with van der Waals surface area (Å²) in [7, 11) is 0. The first-order chi connectivity index (χ1) is 7.81. The van der Waals surface area contributed by atoms with Gasteiger partial charge in [0.2, 0.25) is 0 Å². The number of nitrogens with zero attached hydrogens (tertiary/aromatic N) is 4. The largest absolute Gasteiger partial charge is 0.307 e. The molecule has 0 atom stereocenters. The Hall–Kier alpha value is -1.62. The third-order valence-corrected chi connectivity index (χ3v) is 2.75. The molecule has 5 heteroatoms. The molecule has 3 rings (SSSR count). The normalized spacial score (nSPS) is 11.1. The SMILES string of the molecule is Brc1cnn(Cc2cn3ccccc3n2)c1. The predicted octanol–water partition coefficient (Wildman–Crippen LogP) is 2.34. The molecule has 3 aromatic heterocycles. The van der Waals surface area contributed by atoms with Gasteiger partial charge in [-0.15, -0.1) is 0 Å². The molecule has 0 unspecified atom stereocenters. The smallest absolute Gasteiger partial charge is 0.137 e. The van der Waals surface area contributed by atoms with Crippen LogP contribution in [0.15, 0.2) is 47.5 Å². The van der Waals surface area contributed by atoms with Gasteiger partial charge in [-0.3, -0.25) is 4.68 Å². The molecule has 0 aliphatic rings. The molecule has 3 heterocycles. The molecule has 0 N–H and O–H groups in total. The second-order valence-corrected chi connectivity index (χ2v) is 4.47. The van der Waals surface area contributed by atoms with Crippen LogP contribution in [0.4, 0.5) is 0 Å². The van der Waals surface area contributed by atoms with Crippen molar-refractivity contribution in [2.45, 2.75) is 6.54 Å². The highest BCUT2D eigenvalue weighted by molar-refractivity contribution is 9.10. The minimum Gasteiger partial charge on any atom is -0.307 e. The van der Waals surface area contributed by atoms with Crippen molar-refractivity contribution in [1.29, 1.82) is 0 Å². The molecule has 0 saturated carbocycles. The quantitative estimate of drug-likeness (QED) is 0.720. The molecule has 0 spiro atoms. The van der Waals surface area contributed by atoms with Crippen molar-refractivity contribution in [2.24, 2.45) is 0 Å². The average molecular weight is 277 g/mol. The van der Waals surface area contributed by atoms with Gasteiger partial charge < -0.3 is 4.40 Å². The monoisotopic (exact) mass is 276 g/mol. The summed E-state index contributed by atoms with van der Waals surface area (Å²) in [4.78, 5) is 4.50. The van der Waals surface area contributed by atoms with Crippen LogP contribution >= 0.6 is 15.9 Å². The zero-order chi connectivity index (χ0) is 11.0. The maximum absolute atomic E-state index is 4.50. The Morgan fingerprint density at radius 1 is 1.25 bits per heavy atom. The van der Waals surface area contributed by atoms with Crippen LogP contribution in [-0.4, -0.2) is 19.2 Å². The lowest BCUT2D eigenvalue weighted by atomic mass is 10.5. The Balaban J connectivity index is 1.95. The molecule has 80 valence electrons. The summed E-state index contributed by atoms with van der Waals surface area (Å²) in [6.07, 6.45) is 7.72. The summed E-state index contributed by atoms with van der Waals surface area (Å²) in [6, 6.07) is 5.96. The number of hydrogen-bond donors (Lipinski definition) is 0. The number of halogens is 1. The third kappa shape index (κ3) is 1.74. The van der Waals surface area contributed by atoms with E-state index in [-0.39, 0.29) is 0 Å². The summed E-state index contributed by atoms with van der Waals surface area (Å²) < 4.78 is 4.84. The maximum Gasteiger partial charge on any atom is 0.137 e. The number of hydrogen-bond acceptors (Lipinski definition) is 2. The highest BCUT2D eigenvalue weighted by Crippen LogP contribution is 2.09. The maximum atomic E-state index is 4.50. The van der Waals surface area contributed by atoms with E-state index in [1.165, 1.54) is 0 Å². The first kappa shape index (κ1) is 9.59. The molecular weight excluding hydrogens is 268 g/mol. The van der Waals surface area contributed by atoms with E-state index in [1.54, 1.807) is 6.20 Å². The summed E-state index contributed by atoms with van der Waals surface area (Å²) in [5.41, 5.74) is 1.96. The zero-order valence-electron chi connectivity index (χ0n) is 8.42. The van der Waals surface area contributed by atoms with Gasteiger partial charge >= 0.3 is 0 Å². The number of pyridine rings is 1. The van der Waals surface area contributed by atoms with E-state index in [0.717, 1.165) is 15.8 Å². The fourth-order valence-corrected chi connectivity index (χ4v) is 1.98. The molecule has 0 bridgehead atoms. The highest BCUT2D eigenvalue weighted by atomic mass is 79.9. The first-order valence-corrected chi connectivity index (χ1v) is 5.71. The first-order valence-electron chi connectivity index (χ1n) is 4.92. The van der Waals surface area contributed by atoms with Gasteiger partial charge in [0.05, 0.1) is 22.9 Å². The minimum absolute atomic E-state index is 0.688. The van der Waals surface area contributed by atoms with Crippen molar-refractivity contribution < 1.29 is 0 Å². The van der Waals surface area contributed by atoms with Gasteiger partial charge in [-0.05, 0) is 28.1 Å². The topological polar surface area (TPSA) is 35.1 Å². The number of imidazole rings is 1. The molecule has 0 amide bonds. The van der Waals surface area contributed by atoms with Gasteiger partial charge in [-0.2, -0.15) is 5.10 Å². The fourth-order valence-electron chi connectivity index (χ4n) is 1.65. The molecule has 0 aromatic carbocycles. The molecule has 0 fully saturated rings. The molecular formula is C11H9BrN4. The summed E-state index contributed by atoms with van der Waals surface area (Å²) in [5.74, 6) is 0. The van der Waals surface area contributed by atoms with Crippen LogP contribution in [0.2, 0.25) is 0 Å². The van der Waals surface area contributed by atoms with Crippen LogP contribution in [0.3, 0.4) is 0 Å². The molecule has 0 saturated heterocycles. The van der Waals surface area contributed by atoms with Gasteiger partial charge in [-0.1, -0.05) is 6.07 Å². The van der Waals surface area contributed by atoms with E-state index in [0.29, 0.717) is 6.54 Å². The van der Waals surface area contributed by atoms with Gasteiger partial charge in [-0.25, -0.2) is 4.98 Å². The van der Waals surface area contributed by atoms with Crippen molar-refractivity contribution in [2.75, 3.05) is 0 Å². The molecule has 3 aromatic rings. The predicted molar refractivity (Wildman–Crippen MR) is 64.2 cm³/mol. The van der Waals surface area contributed by atoms with Crippen molar-refractivity contribution in [3.05, 3.63) is 53.2 Å². The van der Waals surface area contributed by atoms with Crippen LogP contribution < -0.4 is 0 Å². The second-order valence-electron chi connectivity index (χ2n) is 3.55. The Kier molecular flexibility index (Phi) is 2.25. The van der Waals surface area contributed by atoms with Crippen LogP contribution in [0.1, 0.15) is 5.69 Å². The fraction of sp³-hybridized carbons (Fsp3) is 0.0909. The van der Waals surface area contributed by atoms with E-state index in [9.17, 15) is 0 Å². The van der Waals surface area contributed by atoms with Crippen molar-refractivity contribution >= 4 is 21.6 Å². The van der Waals surface area contributed by atoms with Gasteiger partial charge in [0.1, 0.15) is 5.65 Å². The summed E-state index contributed by atoms with van der Waals surface area (Å²) >= 11 is 3.37. The van der Waals surface area contributed by atoms with E-state index >= 15 is 0 Å². The van der Waals surface area contributed by atoms with Crippen LogP contribution in [0.25, 0.3) is 5.65 Å². The minimum atomic E-state index is 0.688. The van der Waals surface area contributed by atoms with E-state index < -0.39 is 0 Å². The highest BCUT2D eigenvalue weighted by Gasteiger charge is 2.02. The van der Waals surface area contributed by atoms with Crippen LogP contribution in [0.5, 0.6) is 0 Å². The average Bonchev–Trinajstić information content (AvgIpc) is 2.84. The molecule has 4 nitrogen and oxygen atoms in total. The summed E-state index contributed by atoms with van der Waals surface area (Å²) in [6.45, 7) is 0.688. The summed E-state index contributed by atoms with van der Waals surface area (Å²) in [5, 5.41) is 4.20. The van der Waals surface area contributed by atoms with Crippen LogP contribution in [-0.2, 0) is 6.54 Å².